The fourth-order valence-electron chi connectivity index (χ4n) is 0.551. The Morgan fingerprint density at radius 2 is 2.50 bits per heavy atom. The van der Waals surface area contributed by atoms with Crippen molar-refractivity contribution in [3.63, 3.8) is 0 Å². The predicted octanol–water partition coefficient (Wildman–Crippen LogP) is 2.04. The van der Waals surface area contributed by atoms with Crippen molar-refractivity contribution >= 4 is 11.6 Å². The van der Waals surface area contributed by atoms with Crippen LogP contribution < -0.4 is 0 Å². The van der Waals surface area contributed by atoms with Crippen molar-refractivity contribution in [1.82, 2.24) is 0 Å². The predicted molar refractivity (Wildman–Crippen MR) is 33.6 cm³/mol. The monoisotopic (exact) mass is 130 g/mol. The largest absolute Gasteiger partial charge is 0.492 e. The lowest BCUT2D eigenvalue weighted by molar-refractivity contribution is 0.221. The van der Waals surface area contributed by atoms with Crippen LogP contribution in [0.5, 0.6) is 0 Å². The minimum absolute atomic E-state index is 0.595. The summed E-state index contributed by atoms with van der Waals surface area (Å²) in [6, 6.07) is 0. The average Bonchev–Trinajstić information content (AvgIpc) is 1.77. The molecular formula is C6H7ClO. The second-order valence-electron chi connectivity index (χ2n) is 1.61. The lowest BCUT2D eigenvalue weighted by Gasteiger charge is -2.11. The van der Waals surface area contributed by atoms with Gasteiger partial charge in [-0.25, -0.2) is 0 Å². The summed E-state index contributed by atoms with van der Waals surface area (Å²) in [4.78, 5) is 0. The summed E-state index contributed by atoms with van der Waals surface area (Å²) in [6.07, 6.45) is 2.81. The van der Waals surface area contributed by atoms with Crippen LogP contribution in [0.3, 0.4) is 0 Å². The summed E-state index contributed by atoms with van der Waals surface area (Å²) in [7, 11) is 0. The molecule has 1 nitrogen and oxygen atoms in total. The molecule has 0 spiro atoms. The molecule has 8 heavy (non-hydrogen) atoms. The van der Waals surface area contributed by atoms with Crippen molar-refractivity contribution in [2.24, 2.45) is 0 Å². The Hall–Kier alpha value is -0.430. The van der Waals surface area contributed by atoms with Gasteiger partial charge in [-0.15, -0.1) is 0 Å². The Morgan fingerprint density at radius 1 is 1.75 bits per heavy atom. The SMILES string of the molecule is C=C1OCCC=C1Cl. The number of halogens is 1. The minimum atomic E-state index is 0.595. The second kappa shape index (κ2) is 2.23. The maximum absolute atomic E-state index is 5.60. The van der Waals surface area contributed by atoms with Gasteiger partial charge in [0.1, 0.15) is 5.76 Å². The molecule has 0 aromatic heterocycles. The topological polar surface area (TPSA) is 9.23 Å². The van der Waals surface area contributed by atoms with Crippen molar-refractivity contribution < 1.29 is 4.74 Å². The standard InChI is InChI=1S/C6H7ClO/c1-5-6(7)3-2-4-8-5/h3H,1-2,4H2. The highest BCUT2D eigenvalue weighted by atomic mass is 35.5. The molecule has 0 N–H and O–H groups in total. The van der Waals surface area contributed by atoms with E-state index >= 15 is 0 Å². The van der Waals surface area contributed by atoms with Crippen LogP contribution in [0.1, 0.15) is 6.42 Å². The van der Waals surface area contributed by atoms with Crippen molar-refractivity contribution in [2.75, 3.05) is 6.61 Å². The van der Waals surface area contributed by atoms with Gasteiger partial charge in [0.15, 0.2) is 0 Å². The average molecular weight is 131 g/mol. The van der Waals surface area contributed by atoms with Crippen LogP contribution in [0.4, 0.5) is 0 Å². The summed E-state index contributed by atoms with van der Waals surface area (Å²) in [5.41, 5.74) is 0. The number of hydrogen-bond acceptors (Lipinski definition) is 1. The lowest BCUT2D eigenvalue weighted by atomic mass is 10.3. The Balaban J connectivity index is 2.67. The third kappa shape index (κ3) is 1.04. The summed E-state index contributed by atoms with van der Waals surface area (Å²) in [5, 5.41) is 0.649. The molecule has 0 atom stereocenters. The molecule has 2 heteroatoms. The first-order valence-corrected chi connectivity index (χ1v) is 2.86. The fourth-order valence-corrected chi connectivity index (χ4v) is 0.714. The molecule has 0 aromatic rings. The molecule has 0 saturated carbocycles. The lowest BCUT2D eigenvalue weighted by Crippen LogP contribution is -1.98. The van der Waals surface area contributed by atoms with E-state index in [0.29, 0.717) is 10.8 Å². The molecule has 1 aliphatic rings. The van der Waals surface area contributed by atoms with Crippen LogP contribution >= 0.6 is 11.6 Å². The van der Waals surface area contributed by atoms with Crippen LogP contribution in [0, 0.1) is 0 Å². The summed E-state index contributed by atoms with van der Waals surface area (Å²) < 4.78 is 5.00. The molecule has 44 valence electrons. The van der Waals surface area contributed by atoms with Crippen LogP contribution in [0.25, 0.3) is 0 Å². The molecule has 0 radical (unpaired) electrons. The van der Waals surface area contributed by atoms with Gasteiger partial charge >= 0.3 is 0 Å². The van der Waals surface area contributed by atoms with Gasteiger partial charge in [0.25, 0.3) is 0 Å². The maximum atomic E-state index is 5.60. The smallest absolute Gasteiger partial charge is 0.130 e. The van der Waals surface area contributed by atoms with Gasteiger partial charge in [0.05, 0.1) is 11.6 Å². The van der Waals surface area contributed by atoms with Crippen molar-refractivity contribution in [3.05, 3.63) is 23.4 Å². The number of allylic oxidation sites excluding steroid dienone is 1. The molecule has 1 heterocycles. The zero-order valence-corrected chi connectivity index (χ0v) is 5.24. The number of rotatable bonds is 0. The van der Waals surface area contributed by atoms with E-state index in [4.69, 9.17) is 16.3 Å². The van der Waals surface area contributed by atoms with Crippen molar-refractivity contribution in [3.8, 4) is 0 Å². The molecular weight excluding hydrogens is 124 g/mol. The van der Waals surface area contributed by atoms with Gasteiger partial charge in [-0.1, -0.05) is 24.3 Å². The second-order valence-corrected chi connectivity index (χ2v) is 2.02. The molecule has 0 saturated heterocycles. The zero-order chi connectivity index (χ0) is 5.98. The summed E-state index contributed by atoms with van der Waals surface area (Å²) in [6.45, 7) is 4.29. The molecule has 0 aliphatic carbocycles. The Kier molecular flexibility index (Phi) is 1.59. The van der Waals surface area contributed by atoms with Crippen molar-refractivity contribution in [1.29, 1.82) is 0 Å². The van der Waals surface area contributed by atoms with E-state index in [9.17, 15) is 0 Å². The molecule has 0 aromatic carbocycles. The first-order valence-electron chi connectivity index (χ1n) is 2.48. The molecule has 0 bridgehead atoms. The van der Waals surface area contributed by atoms with E-state index < -0.39 is 0 Å². The zero-order valence-electron chi connectivity index (χ0n) is 4.48. The normalized spacial score (nSPS) is 19.6. The Bertz CT molecular complexity index is 137. The highest BCUT2D eigenvalue weighted by molar-refractivity contribution is 6.31. The van der Waals surface area contributed by atoms with Crippen LogP contribution in [0.15, 0.2) is 23.4 Å². The molecule has 0 fully saturated rings. The van der Waals surface area contributed by atoms with Gasteiger partial charge in [-0.2, -0.15) is 0 Å². The minimum Gasteiger partial charge on any atom is -0.492 e. The van der Waals surface area contributed by atoms with E-state index in [1.165, 1.54) is 0 Å². The summed E-state index contributed by atoms with van der Waals surface area (Å²) >= 11 is 5.60. The van der Waals surface area contributed by atoms with Crippen molar-refractivity contribution in [2.45, 2.75) is 6.42 Å². The van der Waals surface area contributed by atoms with Crippen LogP contribution in [-0.2, 0) is 4.74 Å². The number of ether oxygens (including phenoxy) is 1. The Morgan fingerprint density at radius 3 is 2.88 bits per heavy atom. The van der Waals surface area contributed by atoms with Gasteiger partial charge in [-0.3, -0.25) is 0 Å². The van der Waals surface area contributed by atoms with Gasteiger partial charge in [0.2, 0.25) is 0 Å². The quantitative estimate of drug-likeness (QED) is 0.488. The van der Waals surface area contributed by atoms with E-state index in [2.05, 4.69) is 6.58 Å². The van der Waals surface area contributed by atoms with Gasteiger partial charge < -0.3 is 4.74 Å². The first kappa shape index (κ1) is 5.70. The first-order chi connectivity index (χ1) is 3.80. The number of hydrogen-bond donors (Lipinski definition) is 0. The fraction of sp³-hybridized carbons (Fsp3) is 0.333. The van der Waals surface area contributed by atoms with Crippen LogP contribution in [-0.4, -0.2) is 6.61 Å². The highest BCUT2D eigenvalue weighted by Crippen LogP contribution is 2.18. The summed E-state index contributed by atoms with van der Waals surface area (Å²) in [5.74, 6) is 0.595. The molecule has 1 rings (SSSR count). The van der Waals surface area contributed by atoms with Gasteiger partial charge in [0, 0.05) is 6.42 Å². The van der Waals surface area contributed by atoms with E-state index in [-0.39, 0.29) is 0 Å². The van der Waals surface area contributed by atoms with Gasteiger partial charge in [-0.05, 0) is 0 Å². The van der Waals surface area contributed by atoms with Crippen LogP contribution in [0.2, 0.25) is 0 Å². The molecule has 0 unspecified atom stereocenters. The van der Waals surface area contributed by atoms with E-state index in [0.717, 1.165) is 13.0 Å². The highest BCUT2D eigenvalue weighted by Gasteiger charge is 2.03. The third-order valence-electron chi connectivity index (χ3n) is 0.984. The van der Waals surface area contributed by atoms with E-state index in [1.54, 1.807) is 0 Å². The Labute approximate surface area is 53.6 Å². The third-order valence-corrected chi connectivity index (χ3v) is 1.35. The molecule has 0 amide bonds. The molecule has 1 aliphatic heterocycles. The maximum Gasteiger partial charge on any atom is 0.130 e. The van der Waals surface area contributed by atoms with E-state index in [1.807, 2.05) is 6.08 Å².